The van der Waals surface area contributed by atoms with E-state index in [1.807, 2.05) is 0 Å². The zero-order chi connectivity index (χ0) is 11.0. The van der Waals surface area contributed by atoms with Crippen molar-refractivity contribution in [1.29, 1.82) is 0 Å². The lowest BCUT2D eigenvalue weighted by atomic mass is 9.83. The summed E-state index contributed by atoms with van der Waals surface area (Å²) in [5.74, 6) is 2.84. The van der Waals surface area contributed by atoms with Gasteiger partial charge in [-0.25, -0.2) is 0 Å². The summed E-state index contributed by atoms with van der Waals surface area (Å²) in [4.78, 5) is 0. The molecular weight excluding hydrogens is 168 g/mol. The summed E-state index contributed by atoms with van der Waals surface area (Å²) >= 11 is 0. The molecule has 0 aromatic carbocycles. The van der Waals surface area contributed by atoms with Crippen LogP contribution >= 0.6 is 0 Å². The van der Waals surface area contributed by atoms with Gasteiger partial charge in [-0.3, -0.25) is 0 Å². The van der Waals surface area contributed by atoms with Crippen molar-refractivity contribution in [3.05, 3.63) is 0 Å². The van der Waals surface area contributed by atoms with Crippen LogP contribution in [0.2, 0.25) is 0 Å². The molecule has 0 aromatic rings. The Labute approximate surface area is 91.5 Å². The van der Waals surface area contributed by atoms with Crippen molar-refractivity contribution >= 4 is 0 Å². The van der Waals surface area contributed by atoms with Crippen LogP contribution in [0.4, 0.5) is 0 Å². The minimum absolute atomic E-state index is 0.929. The molecule has 14 heavy (non-hydrogen) atoms. The molecule has 0 amide bonds. The van der Waals surface area contributed by atoms with Crippen LogP contribution in [0.3, 0.4) is 0 Å². The highest BCUT2D eigenvalue weighted by molar-refractivity contribution is 4.66. The van der Waals surface area contributed by atoms with Gasteiger partial charge in [-0.1, -0.05) is 66.7 Å². The predicted octanol–water partition coefficient (Wildman–Crippen LogP) is 5.28. The average Bonchev–Trinajstić information content (AvgIpc) is 2.18. The molecule has 0 bridgehead atoms. The van der Waals surface area contributed by atoms with Gasteiger partial charge < -0.3 is 0 Å². The first-order valence-electron chi connectivity index (χ1n) is 6.65. The van der Waals surface area contributed by atoms with Crippen molar-refractivity contribution in [3.8, 4) is 0 Å². The molecule has 0 rings (SSSR count). The van der Waals surface area contributed by atoms with Crippen LogP contribution in [0.1, 0.15) is 73.1 Å². The molecule has 0 saturated carbocycles. The summed E-state index contributed by atoms with van der Waals surface area (Å²) in [6.07, 6.45) is 8.37. The Morgan fingerprint density at radius 3 is 1.86 bits per heavy atom. The van der Waals surface area contributed by atoms with Crippen LogP contribution in [0, 0.1) is 17.8 Å². The fourth-order valence-electron chi connectivity index (χ4n) is 2.28. The van der Waals surface area contributed by atoms with E-state index >= 15 is 0 Å². The molecule has 3 unspecified atom stereocenters. The summed E-state index contributed by atoms with van der Waals surface area (Å²) in [7, 11) is 0. The third-order valence-corrected chi connectivity index (χ3v) is 3.80. The summed E-state index contributed by atoms with van der Waals surface area (Å²) < 4.78 is 0. The second kappa shape index (κ2) is 8.32. The second-order valence-corrected chi connectivity index (χ2v) is 5.03. The number of rotatable bonds is 8. The van der Waals surface area contributed by atoms with Gasteiger partial charge in [-0.15, -0.1) is 0 Å². The molecule has 0 saturated heterocycles. The largest absolute Gasteiger partial charge is 0.0654 e. The topological polar surface area (TPSA) is 0 Å². The third-order valence-electron chi connectivity index (χ3n) is 3.80. The SMILES string of the molecule is CCCC(C)C(CC)CCC(C)CC. The van der Waals surface area contributed by atoms with Gasteiger partial charge in [0.05, 0.1) is 0 Å². The minimum Gasteiger partial charge on any atom is -0.0654 e. The van der Waals surface area contributed by atoms with Gasteiger partial charge in [0.2, 0.25) is 0 Å². The van der Waals surface area contributed by atoms with E-state index in [-0.39, 0.29) is 0 Å². The van der Waals surface area contributed by atoms with E-state index in [1.54, 1.807) is 0 Å². The summed E-state index contributed by atoms with van der Waals surface area (Å²) in [5.41, 5.74) is 0. The Morgan fingerprint density at radius 2 is 1.43 bits per heavy atom. The van der Waals surface area contributed by atoms with E-state index in [9.17, 15) is 0 Å². The zero-order valence-corrected chi connectivity index (χ0v) is 11.0. The molecule has 3 atom stereocenters. The van der Waals surface area contributed by atoms with Crippen molar-refractivity contribution in [1.82, 2.24) is 0 Å². The van der Waals surface area contributed by atoms with Crippen LogP contribution in [0.25, 0.3) is 0 Å². The first-order chi connectivity index (χ1) is 6.65. The molecule has 0 radical (unpaired) electrons. The predicted molar refractivity (Wildman–Crippen MR) is 66.5 cm³/mol. The van der Waals surface area contributed by atoms with E-state index < -0.39 is 0 Å². The van der Waals surface area contributed by atoms with Crippen LogP contribution < -0.4 is 0 Å². The lowest BCUT2D eigenvalue weighted by molar-refractivity contribution is 0.282. The quantitative estimate of drug-likeness (QED) is 0.498. The smallest absolute Gasteiger partial charge is 0.0391 e. The van der Waals surface area contributed by atoms with Crippen molar-refractivity contribution < 1.29 is 0 Å². The minimum atomic E-state index is 0.929. The van der Waals surface area contributed by atoms with Gasteiger partial charge in [0.25, 0.3) is 0 Å². The molecule has 0 spiro atoms. The van der Waals surface area contributed by atoms with Crippen molar-refractivity contribution in [2.75, 3.05) is 0 Å². The number of hydrogen-bond acceptors (Lipinski definition) is 0. The van der Waals surface area contributed by atoms with Gasteiger partial charge in [-0.2, -0.15) is 0 Å². The maximum Gasteiger partial charge on any atom is -0.0391 e. The first-order valence-corrected chi connectivity index (χ1v) is 6.65. The summed E-state index contributed by atoms with van der Waals surface area (Å²) in [6.45, 7) is 11.8. The van der Waals surface area contributed by atoms with Crippen LogP contribution in [-0.2, 0) is 0 Å². The molecule has 0 nitrogen and oxygen atoms in total. The summed E-state index contributed by atoms with van der Waals surface area (Å²) in [6, 6.07) is 0. The molecule has 0 N–H and O–H groups in total. The van der Waals surface area contributed by atoms with Gasteiger partial charge >= 0.3 is 0 Å². The van der Waals surface area contributed by atoms with E-state index in [2.05, 4.69) is 34.6 Å². The van der Waals surface area contributed by atoms with Gasteiger partial charge in [0.1, 0.15) is 0 Å². The Morgan fingerprint density at radius 1 is 0.786 bits per heavy atom. The van der Waals surface area contributed by atoms with E-state index in [0.29, 0.717) is 0 Å². The maximum absolute atomic E-state index is 2.44. The Hall–Kier alpha value is 0. The van der Waals surface area contributed by atoms with Crippen molar-refractivity contribution in [2.24, 2.45) is 17.8 Å². The first kappa shape index (κ1) is 14.0. The number of hydrogen-bond donors (Lipinski definition) is 0. The normalized spacial score (nSPS) is 17.8. The molecule has 86 valence electrons. The molecule has 0 fully saturated rings. The van der Waals surface area contributed by atoms with E-state index in [0.717, 1.165) is 17.8 Å². The molecule has 0 aromatic heterocycles. The van der Waals surface area contributed by atoms with Gasteiger partial charge in [0.15, 0.2) is 0 Å². The van der Waals surface area contributed by atoms with Crippen LogP contribution in [0.5, 0.6) is 0 Å². The highest BCUT2D eigenvalue weighted by Gasteiger charge is 2.15. The lowest BCUT2D eigenvalue weighted by Crippen LogP contribution is -2.12. The molecule has 0 aliphatic heterocycles. The maximum atomic E-state index is 2.44. The molecule has 0 aliphatic carbocycles. The van der Waals surface area contributed by atoms with Crippen molar-refractivity contribution in [3.63, 3.8) is 0 Å². The molecule has 0 heteroatoms. The Bertz CT molecular complexity index is 117. The van der Waals surface area contributed by atoms with E-state index in [4.69, 9.17) is 0 Å². The average molecular weight is 198 g/mol. The van der Waals surface area contributed by atoms with Crippen LogP contribution in [0.15, 0.2) is 0 Å². The lowest BCUT2D eigenvalue weighted by Gasteiger charge is -2.23. The highest BCUT2D eigenvalue weighted by Crippen LogP contribution is 2.27. The van der Waals surface area contributed by atoms with Gasteiger partial charge in [-0.05, 0) is 24.2 Å². The van der Waals surface area contributed by atoms with Gasteiger partial charge in [0, 0.05) is 0 Å². The monoisotopic (exact) mass is 198 g/mol. The van der Waals surface area contributed by atoms with Crippen LogP contribution in [-0.4, -0.2) is 0 Å². The third kappa shape index (κ3) is 5.67. The molecular formula is C14H30. The Balaban J connectivity index is 3.77. The highest BCUT2D eigenvalue weighted by atomic mass is 14.2. The Kier molecular flexibility index (Phi) is 8.32. The van der Waals surface area contributed by atoms with E-state index in [1.165, 1.54) is 38.5 Å². The van der Waals surface area contributed by atoms with Crippen molar-refractivity contribution in [2.45, 2.75) is 73.1 Å². The summed E-state index contributed by atoms with van der Waals surface area (Å²) in [5, 5.41) is 0. The molecule has 0 aliphatic rings. The zero-order valence-electron chi connectivity index (χ0n) is 11.0. The molecule has 0 heterocycles. The second-order valence-electron chi connectivity index (χ2n) is 5.03. The standard InChI is InChI=1S/C14H30/c1-6-9-13(5)14(8-3)11-10-12(4)7-2/h12-14H,6-11H2,1-5H3. The fraction of sp³-hybridized carbons (Fsp3) is 1.00. The fourth-order valence-corrected chi connectivity index (χ4v) is 2.28.